The summed E-state index contributed by atoms with van der Waals surface area (Å²) < 4.78 is 1.85. The van der Waals surface area contributed by atoms with Crippen LogP contribution in [0.3, 0.4) is 0 Å². The van der Waals surface area contributed by atoms with Gasteiger partial charge >= 0.3 is 0 Å². The minimum atomic E-state index is -0.488. The molecule has 0 aliphatic carbocycles. The van der Waals surface area contributed by atoms with Crippen LogP contribution in [-0.2, 0) is 4.79 Å². The van der Waals surface area contributed by atoms with E-state index in [-0.39, 0.29) is 5.91 Å². The summed E-state index contributed by atoms with van der Waals surface area (Å²) in [7, 11) is 0. The number of aromatic nitrogens is 3. The topological polar surface area (TPSA) is 85.8 Å². The van der Waals surface area contributed by atoms with E-state index in [0.29, 0.717) is 12.1 Å². The minimum absolute atomic E-state index is 0.165. The van der Waals surface area contributed by atoms with Crippen molar-refractivity contribution in [3.05, 3.63) is 36.4 Å². The van der Waals surface area contributed by atoms with Crippen LogP contribution in [0.2, 0.25) is 0 Å². The summed E-state index contributed by atoms with van der Waals surface area (Å²) >= 11 is 1.68. The van der Waals surface area contributed by atoms with Gasteiger partial charge in [-0.05, 0) is 43.6 Å². The lowest BCUT2D eigenvalue weighted by atomic mass is 10.2. The molecule has 21 heavy (non-hydrogen) atoms. The maximum absolute atomic E-state index is 12.0. The van der Waals surface area contributed by atoms with Crippen molar-refractivity contribution in [2.45, 2.75) is 19.4 Å². The molecule has 0 fully saturated rings. The number of hydrogen-bond acceptors (Lipinski definition) is 5. The lowest BCUT2D eigenvalue weighted by Gasteiger charge is -2.12. The fourth-order valence-corrected chi connectivity index (χ4v) is 2.38. The first-order chi connectivity index (χ1) is 10.1. The summed E-state index contributed by atoms with van der Waals surface area (Å²) in [4.78, 5) is 12.0. The smallest absolute Gasteiger partial charge is 0.241 e. The third-order valence-electron chi connectivity index (χ3n) is 3.08. The number of nitrogens with two attached hydrogens (primary N) is 1. The summed E-state index contributed by atoms with van der Waals surface area (Å²) in [6.45, 7) is 1.87. The Hall–Kier alpha value is -1.86. The van der Waals surface area contributed by atoms with Crippen molar-refractivity contribution in [1.82, 2.24) is 14.8 Å². The Morgan fingerprint density at radius 1 is 1.52 bits per heavy atom. The number of carbonyl (C=O) groups excluding carboxylic acids is 1. The summed E-state index contributed by atoms with van der Waals surface area (Å²) in [6.07, 6.45) is 4.30. The lowest BCUT2D eigenvalue weighted by Crippen LogP contribution is -2.36. The zero-order valence-corrected chi connectivity index (χ0v) is 12.9. The molecule has 1 unspecified atom stereocenters. The van der Waals surface area contributed by atoms with Gasteiger partial charge in [0.2, 0.25) is 5.91 Å². The van der Waals surface area contributed by atoms with Gasteiger partial charge in [0.05, 0.1) is 11.7 Å². The quantitative estimate of drug-likeness (QED) is 0.846. The second-order valence-corrected chi connectivity index (χ2v) is 5.66. The van der Waals surface area contributed by atoms with Gasteiger partial charge in [-0.15, -0.1) is 10.2 Å². The van der Waals surface area contributed by atoms with Gasteiger partial charge in [0.15, 0.2) is 0 Å². The molecule has 6 nitrogen and oxygen atoms in total. The van der Waals surface area contributed by atoms with E-state index < -0.39 is 6.04 Å². The standard InChI is InChI=1S/C14H19N5OS/c1-10-18-16-9-19(10)12-5-3-4-11(8-12)17-14(20)13(15)6-7-21-2/h3-5,8-9,13H,6-7,15H2,1-2H3,(H,17,20). The maximum atomic E-state index is 12.0. The molecule has 3 N–H and O–H groups in total. The van der Waals surface area contributed by atoms with Gasteiger partial charge in [0.1, 0.15) is 12.2 Å². The first-order valence-electron chi connectivity index (χ1n) is 6.64. The Labute approximate surface area is 128 Å². The van der Waals surface area contributed by atoms with Crippen molar-refractivity contribution < 1.29 is 4.79 Å². The van der Waals surface area contributed by atoms with Crippen LogP contribution in [0.5, 0.6) is 0 Å². The van der Waals surface area contributed by atoms with Crippen molar-refractivity contribution in [3.63, 3.8) is 0 Å². The Morgan fingerprint density at radius 3 is 3.00 bits per heavy atom. The van der Waals surface area contributed by atoms with Crippen LogP contribution in [0.25, 0.3) is 5.69 Å². The van der Waals surface area contributed by atoms with E-state index in [9.17, 15) is 4.79 Å². The summed E-state index contributed by atoms with van der Waals surface area (Å²) in [5, 5.41) is 10.6. The average molecular weight is 305 g/mol. The number of rotatable bonds is 6. The number of carbonyl (C=O) groups is 1. The molecule has 1 aromatic carbocycles. The number of thioether (sulfide) groups is 1. The summed E-state index contributed by atoms with van der Waals surface area (Å²) in [6, 6.07) is 7.02. The van der Waals surface area contributed by atoms with Gasteiger partial charge in [-0.1, -0.05) is 6.07 Å². The highest BCUT2D eigenvalue weighted by molar-refractivity contribution is 7.98. The SMILES string of the molecule is CSCCC(N)C(=O)Nc1cccc(-n2cnnc2C)c1. The van der Waals surface area contributed by atoms with E-state index >= 15 is 0 Å². The summed E-state index contributed by atoms with van der Waals surface area (Å²) in [5.74, 6) is 1.49. The molecule has 0 saturated heterocycles. The van der Waals surface area contributed by atoms with Gasteiger partial charge in [0, 0.05) is 5.69 Å². The predicted octanol–water partition coefficient (Wildman–Crippen LogP) is 1.59. The fourth-order valence-electron chi connectivity index (χ4n) is 1.89. The third kappa shape index (κ3) is 4.05. The van der Waals surface area contributed by atoms with Crippen LogP contribution in [0, 0.1) is 6.92 Å². The first kappa shape index (κ1) is 15.5. The number of anilines is 1. The number of amides is 1. The van der Waals surface area contributed by atoms with E-state index in [2.05, 4.69) is 15.5 Å². The Balaban J connectivity index is 2.08. The van der Waals surface area contributed by atoms with Crippen LogP contribution in [0.15, 0.2) is 30.6 Å². The average Bonchev–Trinajstić information content (AvgIpc) is 2.91. The number of aryl methyl sites for hydroxylation is 1. The Morgan fingerprint density at radius 2 is 2.33 bits per heavy atom. The highest BCUT2D eigenvalue weighted by Crippen LogP contribution is 2.16. The predicted molar refractivity (Wildman–Crippen MR) is 85.7 cm³/mol. The van der Waals surface area contributed by atoms with Gasteiger partial charge in [-0.2, -0.15) is 11.8 Å². The molecule has 0 aliphatic rings. The molecule has 112 valence electrons. The summed E-state index contributed by atoms with van der Waals surface area (Å²) in [5.41, 5.74) is 7.47. The van der Waals surface area contributed by atoms with Crippen LogP contribution in [0.4, 0.5) is 5.69 Å². The molecule has 1 atom stereocenters. The first-order valence-corrected chi connectivity index (χ1v) is 8.03. The van der Waals surface area contributed by atoms with E-state index in [1.807, 2.05) is 42.0 Å². The second-order valence-electron chi connectivity index (χ2n) is 4.68. The van der Waals surface area contributed by atoms with Crippen molar-refractivity contribution >= 4 is 23.4 Å². The maximum Gasteiger partial charge on any atom is 0.241 e. The highest BCUT2D eigenvalue weighted by atomic mass is 32.2. The number of nitrogens with one attached hydrogen (secondary N) is 1. The monoisotopic (exact) mass is 305 g/mol. The molecule has 2 aromatic rings. The molecular weight excluding hydrogens is 286 g/mol. The largest absolute Gasteiger partial charge is 0.325 e. The van der Waals surface area contributed by atoms with Crippen molar-refractivity contribution in [1.29, 1.82) is 0 Å². The molecule has 1 heterocycles. The van der Waals surface area contributed by atoms with Crippen molar-refractivity contribution in [2.75, 3.05) is 17.3 Å². The van der Waals surface area contributed by atoms with Gasteiger partial charge in [-0.3, -0.25) is 9.36 Å². The molecule has 1 amide bonds. The Kier molecular flexibility index (Phi) is 5.35. The number of benzene rings is 1. The van der Waals surface area contributed by atoms with Crippen molar-refractivity contribution in [3.8, 4) is 5.69 Å². The molecule has 0 radical (unpaired) electrons. The zero-order valence-electron chi connectivity index (χ0n) is 12.1. The molecule has 0 spiro atoms. The van der Waals surface area contributed by atoms with Gasteiger partial charge in [-0.25, -0.2) is 0 Å². The molecule has 1 aromatic heterocycles. The second kappa shape index (κ2) is 7.24. The highest BCUT2D eigenvalue weighted by Gasteiger charge is 2.13. The lowest BCUT2D eigenvalue weighted by molar-refractivity contribution is -0.117. The van der Waals surface area contributed by atoms with Crippen molar-refractivity contribution in [2.24, 2.45) is 5.73 Å². The number of hydrogen-bond donors (Lipinski definition) is 2. The van der Waals surface area contributed by atoms with Gasteiger partial charge < -0.3 is 11.1 Å². The molecule has 0 saturated carbocycles. The molecule has 0 aliphatic heterocycles. The van der Waals surface area contributed by atoms with Gasteiger partial charge in [0.25, 0.3) is 0 Å². The van der Waals surface area contributed by atoms with E-state index in [1.54, 1.807) is 18.1 Å². The number of nitrogens with zero attached hydrogens (tertiary/aromatic N) is 3. The molecule has 0 bridgehead atoms. The minimum Gasteiger partial charge on any atom is -0.325 e. The molecule has 2 rings (SSSR count). The van der Waals surface area contributed by atoms with E-state index in [0.717, 1.165) is 17.3 Å². The molecule has 7 heteroatoms. The van der Waals surface area contributed by atoms with E-state index in [1.165, 1.54) is 0 Å². The zero-order chi connectivity index (χ0) is 15.2. The third-order valence-corrected chi connectivity index (χ3v) is 3.72. The van der Waals surface area contributed by atoms with Crippen LogP contribution < -0.4 is 11.1 Å². The Bertz CT molecular complexity index is 613. The fraction of sp³-hybridized carbons (Fsp3) is 0.357. The normalized spacial score (nSPS) is 12.1. The van der Waals surface area contributed by atoms with E-state index in [4.69, 9.17) is 5.73 Å². The molecular formula is C14H19N5OS. The van der Waals surface area contributed by atoms with Crippen LogP contribution in [-0.4, -0.2) is 38.7 Å². The van der Waals surface area contributed by atoms with Crippen LogP contribution in [0.1, 0.15) is 12.2 Å². The van der Waals surface area contributed by atoms with Crippen LogP contribution >= 0.6 is 11.8 Å².